The molecule has 10 heavy (non-hydrogen) atoms. The van der Waals surface area contributed by atoms with E-state index in [1.54, 1.807) is 0 Å². The Kier molecular flexibility index (Phi) is 6.93. The molecule has 1 aliphatic heterocycles. The van der Waals surface area contributed by atoms with Crippen LogP contribution in [0.15, 0.2) is 9.33 Å². The van der Waals surface area contributed by atoms with Crippen LogP contribution >= 0.6 is 30.9 Å². The van der Waals surface area contributed by atoms with Crippen LogP contribution in [0.25, 0.3) is 0 Å². The first-order chi connectivity index (χ1) is 4.79. The van der Waals surface area contributed by atoms with Gasteiger partial charge < -0.3 is 0 Å². The third kappa shape index (κ3) is 5.22. The second kappa shape index (κ2) is 7.20. The van der Waals surface area contributed by atoms with Crippen molar-refractivity contribution in [1.29, 1.82) is 1.28 Å². The van der Waals surface area contributed by atoms with Gasteiger partial charge in [0.15, 0.2) is 0 Å². The Morgan fingerprint density at radius 3 is 3.40 bits per heavy atom. The van der Waals surface area contributed by atoms with Crippen molar-refractivity contribution in [2.45, 2.75) is 12.8 Å². The zero-order valence-electron chi connectivity index (χ0n) is 6.21. The van der Waals surface area contributed by atoms with E-state index in [1.807, 2.05) is 0 Å². The Hall–Kier alpha value is 1.54. The second-order valence-electron chi connectivity index (χ2n) is 1.64. The number of hydrogen-bond acceptors (Lipinski definition) is 2. The summed E-state index contributed by atoms with van der Waals surface area (Å²) < 4.78 is 12.5. The molecule has 0 N–H and O–H groups in total. The number of halogens is 1. The van der Waals surface area contributed by atoms with Gasteiger partial charge in [-0.05, 0) is 61.1 Å². The van der Waals surface area contributed by atoms with Gasteiger partial charge in [-0.1, -0.05) is 4.47 Å². The van der Waals surface area contributed by atoms with Crippen molar-refractivity contribution in [3.05, 3.63) is 0 Å². The zero-order chi connectivity index (χ0) is 7.40. The predicted octanol–water partition coefficient (Wildman–Crippen LogP) is 2.12. The first-order valence-corrected chi connectivity index (χ1v) is 5.71. The molecule has 0 aromatic carbocycles. The van der Waals surface area contributed by atoms with Crippen molar-refractivity contribution >= 4 is 44.9 Å². The fraction of sp³-hybridized carbons (Fsp3) is 0.750. The largest absolute Gasteiger partial charge is 0.167 e. The summed E-state index contributed by atoms with van der Waals surface area (Å²) in [6.45, 7) is 0. The Bertz CT molecular complexity index is 228. The van der Waals surface area contributed by atoms with Crippen molar-refractivity contribution in [3.8, 4) is 0 Å². The van der Waals surface area contributed by atoms with Crippen LogP contribution in [0.4, 0.5) is 0 Å². The summed E-state index contributed by atoms with van der Waals surface area (Å²) >= 11 is 3.70. The molecule has 0 amide bonds. The standard InChI is InChI=1S/C4H8IN2PS.W/c5-4-2-1-3-8-6-7-9-4;/h1-3,8H2;/i8T;. The van der Waals surface area contributed by atoms with Crippen molar-refractivity contribution in [1.82, 2.24) is 0 Å². The number of hydrogen-bond donors (Lipinski definition) is 0. The molecule has 1 aliphatic rings. The average molecular weight is 460 g/mol. The second-order valence-corrected chi connectivity index (χ2v) is 5.53. The van der Waals surface area contributed by atoms with E-state index in [2.05, 4.69) is 31.9 Å². The van der Waals surface area contributed by atoms with Crippen LogP contribution in [-0.4, -0.2) is 10.3 Å². The molecule has 0 aromatic heterocycles. The molecule has 0 bridgehead atoms. The topological polar surface area (TPSA) is 24.7 Å². The van der Waals surface area contributed by atoms with Crippen LogP contribution in [0.5, 0.6) is 0 Å². The normalized spacial score (nSPS) is 27.1. The minimum atomic E-state index is -1.20. The van der Waals surface area contributed by atoms with Crippen LogP contribution in [0.3, 0.4) is 0 Å². The molecule has 0 spiro atoms. The van der Waals surface area contributed by atoms with Crippen molar-refractivity contribution in [2.24, 2.45) is 9.33 Å². The molecule has 0 aromatic rings. The van der Waals surface area contributed by atoms with Gasteiger partial charge in [0.05, 0.1) is 4.15 Å². The van der Waals surface area contributed by atoms with Gasteiger partial charge >= 0.3 is 0 Å². The van der Waals surface area contributed by atoms with Gasteiger partial charge in [0, 0.05) is 21.1 Å². The summed E-state index contributed by atoms with van der Waals surface area (Å²) in [6.07, 6.45) is 3.15. The van der Waals surface area contributed by atoms with Gasteiger partial charge in [0.1, 0.15) is 0 Å². The van der Waals surface area contributed by atoms with E-state index >= 15 is 0 Å². The fourth-order valence-electron chi connectivity index (χ4n) is 0.496. The molecule has 6 heteroatoms. The van der Waals surface area contributed by atoms with Gasteiger partial charge in [-0.2, -0.15) is 4.85 Å². The van der Waals surface area contributed by atoms with Gasteiger partial charge in [-0.15, -0.1) is 0 Å². The van der Waals surface area contributed by atoms with Gasteiger partial charge in [0.2, 0.25) is 0 Å². The van der Waals surface area contributed by atoms with Gasteiger partial charge in [-0.25, -0.2) is 0 Å². The fourth-order valence-corrected chi connectivity index (χ4v) is 2.29. The van der Waals surface area contributed by atoms with E-state index < -0.39 is 8.32 Å². The monoisotopic (exact) mass is 460 g/mol. The first kappa shape index (κ1) is 9.62. The van der Waals surface area contributed by atoms with Crippen molar-refractivity contribution in [3.63, 3.8) is 0 Å². The summed E-state index contributed by atoms with van der Waals surface area (Å²) in [7, 11) is -1.20. The maximum absolute atomic E-state index is 7.39. The molecule has 0 aliphatic carbocycles. The van der Waals surface area contributed by atoms with E-state index in [-0.39, 0.29) is 21.1 Å². The maximum atomic E-state index is 7.39. The van der Waals surface area contributed by atoms with Crippen LogP contribution in [0.2, 0.25) is 0 Å². The van der Waals surface area contributed by atoms with E-state index in [1.165, 1.54) is 14.0 Å². The van der Waals surface area contributed by atoms with E-state index in [0.29, 0.717) is 0 Å². The molecule has 1 rings (SSSR count). The van der Waals surface area contributed by atoms with Gasteiger partial charge in [0.25, 0.3) is 0 Å². The predicted molar refractivity (Wildman–Crippen MR) is 55.1 cm³/mol. The molecule has 1 heterocycles. The Balaban J connectivity index is 0.000001000. The SMILES string of the molecule is [3H][PH]1=NN=S=C(I)CCC1.[W]. The Morgan fingerprint density at radius 1 is 1.80 bits per heavy atom. The summed E-state index contributed by atoms with van der Waals surface area (Å²) in [4.78, 5) is 3.86. The third-order valence-electron chi connectivity index (χ3n) is 0.913. The quantitative estimate of drug-likeness (QED) is 0.229. The number of nitrogens with zero attached hydrogens (tertiary/aromatic N) is 2. The summed E-state index contributed by atoms with van der Waals surface area (Å²) in [5.74, 6) is 0. The smallest absolute Gasteiger partial charge is 0.0762 e. The van der Waals surface area contributed by atoms with Crippen LogP contribution < -0.4 is 0 Å². The molecular weight excluding hydrogens is 450 g/mol. The molecule has 2 nitrogen and oxygen atoms in total. The Labute approximate surface area is 94.8 Å². The molecule has 1 atom stereocenters. The summed E-state index contributed by atoms with van der Waals surface area (Å²) in [5, 5.41) is 0. The molecular formula is C4H8IN2PSW. The zero-order valence-corrected chi connectivity index (χ0v) is 12.1. The molecule has 58 valence electrons. The third-order valence-corrected chi connectivity index (χ3v) is 3.57. The van der Waals surface area contributed by atoms with Crippen molar-refractivity contribution in [2.75, 3.05) is 6.16 Å². The minimum Gasteiger partial charge on any atom is -0.167 e. The average Bonchev–Trinajstić information content (AvgIpc) is 1.84. The Morgan fingerprint density at radius 2 is 2.60 bits per heavy atom. The minimum absolute atomic E-state index is 0. The first-order valence-electron chi connectivity index (χ1n) is 3.21. The molecule has 0 saturated heterocycles. The van der Waals surface area contributed by atoms with E-state index in [9.17, 15) is 0 Å². The van der Waals surface area contributed by atoms with Crippen LogP contribution in [-0.2, 0) is 32.2 Å². The van der Waals surface area contributed by atoms with Crippen LogP contribution in [0, 0.1) is 0 Å². The van der Waals surface area contributed by atoms with Crippen LogP contribution in [0.1, 0.15) is 12.8 Å². The summed E-state index contributed by atoms with van der Waals surface area (Å²) in [6, 6.07) is 0. The number of rotatable bonds is 0. The molecule has 0 fully saturated rings. The van der Waals surface area contributed by atoms with Gasteiger partial charge in [-0.3, -0.25) is 0 Å². The molecule has 0 radical (unpaired) electrons. The molecule has 0 saturated carbocycles. The van der Waals surface area contributed by atoms with Crippen molar-refractivity contribution < 1.29 is 21.1 Å². The van der Waals surface area contributed by atoms with E-state index in [4.69, 9.17) is 1.28 Å². The molecule has 1 unspecified atom stereocenters. The maximum Gasteiger partial charge on any atom is 0.0762 e. The van der Waals surface area contributed by atoms with E-state index in [0.717, 1.165) is 19.0 Å². The summed E-state index contributed by atoms with van der Waals surface area (Å²) in [5.41, 5.74) is 0.